The second-order valence-electron chi connectivity index (χ2n) is 3.49. The van der Waals surface area contributed by atoms with Crippen molar-refractivity contribution < 1.29 is 14.6 Å². The van der Waals surface area contributed by atoms with Gasteiger partial charge >= 0.3 is 0 Å². The largest absolute Gasteiger partial charge is 0.493 e. The average Bonchev–Trinajstić information content (AvgIpc) is 2.86. The van der Waals surface area contributed by atoms with E-state index in [1.165, 1.54) is 4.68 Å². The standard InChI is InChI=1S/C11H14N4O3/c1-17-9-5-3-4-8(10(9)18-2)11-12-13-14-15(11)6-7-16/h3-5,16H,6-7H2,1-2H3. The fourth-order valence-electron chi connectivity index (χ4n) is 1.71. The molecule has 1 aromatic carbocycles. The van der Waals surface area contributed by atoms with Crippen molar-refractivity contribution in [3.05, 3.63) is 18.2 Å². The summed E-state index contributed by atoms with van der Waals surface area (Å²) in [5.74, 6) is 1.70. The van der Waals surface area contributed by atoms with E-state index in [9.17, 15) is 0 Å². The number of para-hydroxylation sites is 1. The summed E-state index contributed by atoms with van der Waals surface area (Å²) in [5.41, 5.74) is 0.718. The first-order valence-electron chi connectivity index (χ1n) is 5.40. The normalized spacial score (nSPS) is 10.4. The summed E-state index contributed by atoms with van der Waals surface area (Å²) in [6.07, 6.45) is 0. The molecule has 7 heteroatoms. The Morgan fingerprint density at radius 3 is 2.78 bits per heavy atom. The number of hydrogen-bond acceptors (Lipinski definition) is 6. The summed E-state index contributed by atoms with van der Waals surface area (Å²) in [5, 5.41) is 20.3. The third-order valence-corrected chi connectivity index (χ3v) is 2.49. The summed E-state index contributed by atoms with van der Waals surface area (Å²) >= 11 is 0. The molecule has 0 spiro atoms. The fraction of sp³-hybridized carbons (Fsp3) is 0.364. The van der Waals surface area contributed by atoms with Crippen LogP contribution in [0.3, 0.4) is 0 Å². The van der Waals surface area contributed by atoms with Crippen LogP contribution in [0.5, 0.6) is 11.5 Å². The zero-order valence-corrected chi connectivity index (χ0v) is 10.2. The van der Waals surface area contributed by atoms with Crippen LogP contribution in [0.25, 0.3) is 11.4 Å². The number of aliphatic hydroxyl groups is 1. The molecule has 0 saturated carbocycles. The molecule has 0 atom stereocenters. The van der Waals surface area contributed by atoms with Crippen LogP contribution in [-0.2, 0) is 6.54 Å². The molecule has 0 amide bonds. The van der Waals surface area contributed by atoms with E-state index in [2.05, 4.69) is 15.5 Å². The lowest BCUT2D eigenvalue weighted by Gasteiger charge is -2.11. The van der Waals surface area contributed by atoms with Crippen LogP contribution in [0.4, 0.5) is 0 Å². The molecule has 1 N–H and O–H groups in total. The molecule has 0 aliphatic rings. The van der Waals surface area contributed by atoms with Gasteiger partial charge in [-0.3, -0.25) is 0 Å². The van der Waals surface area contributed by atoms with E-state index in [0.717, 1.165) is 5.56 Å². The Kier molecular flexibility index (Phi) is 3.73. The maximum atomic E-state index is 8.96. The predicted molar refractivity (Wildman–Crippen MR) is 63.4 cm³/mol. The van der Waals surface area contributed by atoms with Gasteiger partial charge in [-0.2, -0.15) is 0 Å². The Morgan fingerprint density at radius 1 is 1.28 bits per heavy atom. The van der Waals surface area contributed by atoms with Crippen LogP contribution < -0.4 is 9.47 Å². The highest BCUT2D eigenvalue weighted by molar-refractivity contribution is 5.68. The molecule has 2 aromatic rings. The summed E-state index contributed by atoms with van der Waals surface area (Å²) in [4.78, 5) is 0. The quantitative estimate of drug-likeness (QED) is 0.824. The maximum Gasteiger partial charge on any atom is 0.185 e. The van der Waals surface area contributed by atoms with E-state index in [1.807, 2.05) is 12.1 Å². The molecule has 2 rings (SSSR count). The smallest absolute Gasteiger partial charge is 0.185 e. The second-order valence-corrected chi connectivity index (χ2v) is 3.49. The number of methoxy groups -OCH3 is 2. The molecular formula is C11H14N4O3. The third kappa shape index (κ3) is 2.12. The van der Waals surface area contributed by atoms with Gasteiger partial charge in [-0.25, -0.2) is 4.68 Å². The molecule has 0 aliphatic carbocycles. The average molecular weight is 250 g/mol. The summed E-state index contributed by atoms with van der Waals surface area (Å²) in [6.45, 7) is 0.285. The molecule has 0 unspecified atom stereocenters. The van der Waals surface area contributed by atoms with Gasteiger partial charge in [0, 0.05) is 0 Å². The van der Waals surface area contributed by atoms with Crippen molar-refractivity contribution in [2.24, 2.45) is 0 Å². The van der Waals surface area contributed by atoms with E-state index in [-0.39, 0.29) is 6.61 Å². The number of rotatable bonds is 5. The molecule has 0 aliphatic heterocycles. The van der Waals surface area contributed by atoms with Crippen LogP contribution in [0, 0.1) is 0 Å². The first-order valence-corrected chi connectivity index (χ1v) is 5.40. The van der Waals surface area contributed by atoms with Crippen molar-refractivity contribution in [2.45, 2.75) is 6.54 Å². The van der Waals surface area contributed by atoms with Gasteiger partial charge in [-0.05, 0) is 22.6 Å². The molecule has 1 heterocycles. The van der Waals surface area contributed by atoms with Gasteiger partial charge in [0.25, 0.3) is 0 Å². The van der Waals surface area contributed by atoms with Crippen LogP contribution >= 0.6 is 0 Å². The van der Waals surface area contributed by atoms with E-state index < -0.39 is 0 Å². The van der Waals surface area contributed by atoms with Crippen LogP contribution in [-0.4, -0.2) is 46.1 Å². The molecule has 0 fully saturated rings. The van der Waals surface area contributed by atoms with Crippen molar-refractivity contribution in [3.63, 3.8) is 0 Å². The highest BCUT2D eigenvalue weighted by Gasteiger charge is 2.16. The first-order chi connectivity index (χ1) is 8.81. The number of hydrogen-bond donors (Lipinski definition) is 1. The third-order valence-electron chi connectivity index (χ3n) is 2.49. The Hall–Kier alpha value is -2.15. The maximum absolute atomic E-state index is 8.96. The number of nitrogens with zero attached hydrogens (tertiary/aromatic N) is 4. The van der Waals surface area contributed by atoms with Crippen molar-refractivity contribution in [1.29, 1.82) is 0 Å². The van der Waals surface area contributed by atoms with Gasteiger partial charge < -0.3 is 14.6 Å². The summed E-state index contributed by atoms with van der Waals surface area (Å²) < 4.78 is 12.1. The number of tetrazole rings is 1. The van der Waals surface area contributed by atoms with Gasteiger partial charge in [0.1, 0.15) is 0 Å². The topological polar surface area (TPSA) is 82.3 Å². The van der Waals surface area contributed by atoms with Crippen LogP contribution in [0.15, 0.2) is 18.2 Å². The van der Waals surface area contributed by atoms with Crippen LogP contribution in [0.2, 0.25) is 0 Å². The van der Waals surface area contributed by atoms with Crippen LogP contribution in [0.1, 0.15) is 0 Å². The fourth-order valence-corrected chi connectivity index (χ4v) is 1.71. The van der Waals surface area contributed by atoms with E-state index >= 15 is 0 Å². The minimum atomic E-state index is -0.0374. The Labute approximate surface area is 104 Å². The molecular weight excluding hydrogens is 236 g/mol. The molecule has 0 bridgehead atoms. The SMILES string of the molecule is COc1cccc(-c2nnnn2CCO)c1OC. The minimum absolute atomic E-state index is 0.0374. The van der Waals surface area contributed by atoms with Gasteiger partial charge in [-0.1, -0.05) is 6.07 Å². The van der Waals surface area contributed by atoms with Gasteiger partial charge in [-0.15, -0.1) is 5.10 Å². The van der Waals surface area contributed by atoms with Crippen molar-refractivity contribution in [3.8, 4) is 22.9 Å². The van der Waals surface area contributed by atoms with E-state index in [1.54, 1.807) is 20.3 Å². The second kappa shape index (κ2) is 5.46. The zero-order valence-electron chi connectivity index (χ0n) is 10.2. The van der Waals surface area contributed by atoms with Gasteiger partial charge in [0.2, 0.25) is 0 Å². The molecule has 7 nitrogen and oxygen atoms in total. The lowest BCUT2D eigenvalue weighted by molar-refractivity contribution is 0.268. The lowest BCUT2D eigenvalue weighted by Crippen LogP contribution is -2.07. The zero-order chi connectivity index (χ0) is 13.0. The number of benzene rings is 1. The molecule has 0 saturated heterocycles. The first kappa shape index (κ1) is 12.3. The van der Waals surface area contributed by atoms with Crippen molar-refractivity contribution in [1.82, 2.24) is 20.2 Å². The van der Waals surface area contributed by atoms with Crippen molar-refractivity contribution in [2.75, 3.05) is 20.8 Å². The Morgan fingerprint density at radius 2 is 2.11 bits per heavy atom. The molecule has 96 valence electrons. The summed E-state index contributed by atoms with van der Waals surface area (Å²) in [6, 6.07) is 5.46. The monoisotopic (exact) mass is 250 g/mol. The molecule has 18 heavy (non-hydrogen) atoms. The Bertz CT molecular complexity index is 527. The number of aliphatic hydroxyl groups excluding tert-OH is 1. The van der Waals surface area contributed by atoms with Crippen molar-refractivity contribution >= 4 is 0 Å². The van der Waals surface area contributed by atoms with Gasteiger partial charge in [0.05, 0.1) is 32.9 Å². The van der Waals surface area contributed by atoms with E-state index in [4.69, 9.17) is 14.6 Å². The summed E-state index contributed by atoms with van der Waals surface area (Å²) in [7, 11) is 3.12. The Balaban J connectivity index is 2.52. The van der Waals surface area contributed by atoms with E-state index in [0.29, 0.717) is 23.9 Å². The molecule has 0 radical (unpaired) electrons. The highest BCUT2D eigenvalue weighted by Crippen LogP contribution is 2.36. The number of aromatic nitrogens is 4. The lowest BCUT2D eigenvalue weighted by atomic mass is 10.1. The predicted octanol–water partition coefficient (Wildman–Crippen LogP) is 0.350. The number of ether oxygens (including phenoxy) is 2. The minimum Gasteiger partial charge on any atom is -0.493 e. The highest BCUT2D eigenvalue weighted by atomic mass is 16.5. The molecule has 1 aromatic heterocycles. The van der Waals surface area contributed by atoms with Gasteiger partial charge in [0.15, 0.2) is 17.3 Å².